The number of nitrogens with one attached hydrogen (secondary N) is 1. The van der Waals surface area contributed by atoms with Crippen LogP contribution in [0.1, 0.15) is 19.4 Å². The van der Waals surface area contributed by atoms with Crippen molar-refractivity contribution >= 4 is 11.0 Å². The van der Waals surface area contributed by atoms with Crippen LogP contribution in [0.2, 0.25) is 0 Å². The molecule has 6 nitrogen and oxygen atoms in total. The van der Waals surface area contributed by atoms with E-state index in [-0.39, 0.29) is 24.6 Å². The van der Waals surface area contributed by atoms with Crippen LogP contribution in [-0.2, 0) is 11.3 Å². The SMILES string of the molecule is C[C@H]1C[NH+](Cc2cc(=O)oc3cc4c(cc23)OCO4)C[C@H](C)O1. The summed E-state index contributed by atoms with van der Waals surface area (Å²) in [6.07, 6.45) is 0.447. The first-order valence-electron chi connectivity index (χ1n) is 7.94. The predicted molar refractivity (Wildman–Crippen MR) is 83.0 cm³/mol. The Kier molecular flexibility index (Phi) is 3.50. The fourth-order valence-corrected chi connectivity index (χ4v) is 3.57. The third kappa shape index (κ3) is 2.80. The van der Waals surface area contributed by atoms with Crippen LogP contribution in [0.25, 0.3) is 11.0 Å². The maximum Gasteiger partial charge on any atom is 0.336 e. The summed E-state index contributed by atoms with van der Waals surface area (Å²) in [6.45, 7) is 7.00. The summed E-state index contributed by atoms with van der Waals surface area (Å²) in [5.74, 6) is 1.32. The number of morpholine rings is 1. The van der Waals surface area contributed by atoms with Crippen molar-refractivity contribution in [2.24, 2.45) is 0 Å². The lowest BCUT2D eigenvalue weighted by atomic mass is 10.1. The molecule has 1 aromatic heterocycles. The molecule has 0 bridgehead atoms. The lowest BCUT2D eigenvalue weighted by molar-refractivity contribution is -0.928. The van der Waals surface area contributed by atoms with Gasteiger partial charge in [-0.3, -0.25) is 0 Å². The average Bonchev–Trinajstić information content (AvgIpc) is 2.91. The molecular formula is C17H20NO5+. The molecule has 1 fully saturated rings. The minimum absolute atomic E-state index is 0.203. The van der Waals surface area contributed by atoms with E-state index in [0.29, 0.717) is 17.1 Å². The Morgan fingerprint density at radius 1 is 1.09 bits per heavy atom. The molecule has 122 valence electrons. The van der Waals surface area contributed by atoms with Crippen LogP contribution in [0.5, 0.6) is 11.5 Å². The van der Waals surface area contributed by atoms with Crippen molar-refractivity contribution in [3.8, 4) is 11.5 Å². The van der Waals surface area contributed by atoms with E-state index in [1.807, 2.05) is 6.07 Å². The quantitative estimate of drug-likeness (QED) is 0.827. The summed E-state index contributed by atoms with van der Waals surface area (Å²) in [4.78, 5) is 13.3. The first kappa shape index (κ1) is 14.5. The van der Waals surface area contributed by atoms with E-state index in [0.717, 1.165) is 30.6 Å². The van der Waals surface area contributed by atoms with Gasteiger partial charge in [0.25, 0.3) is 0 Å². The van der Waals surface area contributed by atoms with Crippen molar-refractivity contribution in [1.29, 1.82) is 0 Å². The molecule has 2 aliphatic heterocycles. The van der Waals surface area contributed by atoms with Crippen molar-refractivity contribution in [2.45, 2.75) is 32.6 Å². The molecule has 2 atom stereocenters. The standard InChI is InChI=1S/C17H19NO5/c1-10-6-18(7-11(2)22-10)8-12-3-17(19)23-14-5-16-15(4-13(12)14)20-9-21-16/h3-5,10-11H,6-9H2,1-2H3/p+1/t10-,11-/m0/s1. The molecule has 2 aliphatic rings. The highest BCUT2D eigenvalue weighted by atomic mass is 16.7. The molecule has 1 aromatic carbocycles. The van der Waals surface area contributed by atoms with Crippen molar-refractivity contribution in [2.75, 3.05) is 19.9 Å². The molecular weight excluding hydrogens is 298 g/mol. The van der Waals surface area contributed by atoms with Crippen LogP contribution in [0.15, 0.2) is 27.4 Å². The maximum absolute atomic E-state index is 11.9. The zero-order chi connectivity index (χ0) is 16.0. The first-order valence-corrected chi connectivity index (χ1v) is 7.94. The fourth-order valence-electron chi connectivity index (χ4n) is 3.57. The summed E-state index contributed by atoms with van der Waals surface area (Å²) < 4.78 is 21.9. The van der Waals surface area contributed by atoms with E-state index in [2.05, 4.69) is 13.8 Å². The Morgan fingerprint density at radius 3 is 2.52 bits per heavy atom. The van der Waals surface area contributed by atoms with Gasteiger partial charge in [0.1, 0.15) is 37.4 Å². The van der Waals surface area contributed by atoms with E-state index >= 15 is 0 Å². The summed E-state index contributed by atoms with van der Waals surface area (Å²) in [7, 11) is 0. The molecule has 0 amide bonds. The minimum Gasteiger partial charge on any atom is -0.454 e. The smallest absolute Gasteiger partial charge is 0.336 e. The van der Waals surface area contributed by atoms with Gasteiger partial charge in [-0.2, -0.15) is 0 Å². The van der Waals surface area contributed by atoms with Crippen LogP contribution in [-0.4, -0.2) is 32.1 Å². The van der Waals surface area contributed by atoms with Crippen LogP contribution in [0.4, 0.5) is 0 Å². The van der Waals surface area contributed by atoms with Crippen molar-refractivity contribution in [3.05, 3.63) is 34.2 Å². The Labute approximate surface area is 133 Å². The average molecular weight is 318 g/mol. The summed E-state index contributed by atoms with van der Waals surface area (Å²) in [5, 5.41) is 0.910. The number of benzene rings is 1. The normalized spacial score (nSPS) is 26.6. The molecule has 3 heterocycles. The summed E-state index contributed by atoms with van der Waals surface area (Å²) >= 11 is 0. The van der Waals surface area contributed by atoms with Gasteiger partial charge in [0.15, 0.2) is 11.5 Å². The highest BCUT2D eigenvalue weighted by molar-refractivity contribution is 5.84. The molecule has 23 heavy (non-hydrogen) atoms. The zero-order valence-corrected chi connectivity index (χ0v) is 13.3. The highest BCUT2D eigenvalue weighted by Crippen LogP contribution is 2.36. The second-order valence-corrected chi connectivity index (χ2v) is 6.38. The molecule has 1 N–H and O–H groups in total. The van der Waals surface area contributed by atoms with Crippen molar-refractivity contribution in [3.63, 3.8) is 0 Å². The van der Waals surface area contributed by atoms with Crippen molar-refractivity contribution < 1.29 is 23.5 Å². The van der Waals surface area contributed by atoms with Crippen molar-refractivity contribution in [1.82, 2.24) is 0 Å². The van der Waals surface area contributed by atoms with Gasteiger partial charge >= 0.3 is 5.63 Å². The van der Waals surface area contributed by atoms with Gasteiger partial charge in [0.05, 0.1) is 0 Å². The van der Waals surface area contributed by atoms with Gasteiger partial charge in [-0.15, -0.1) is 0 Å². The lowest BCUT2D eigenvalue weighted by Crippen LogP contribution is -3.14. The Balaban J connectivity index is 1.72. The number of rotatable bonds is 2. The second-order valence-electron chi connectivity index (χ2n) is 6.38. The van der Waals surface area contributed by atoms with Gasteiger partial charge < -0.3 is 23.5 Å². The van der Waals surface area contributed by atoms with Gasteiger partial charge in [-0.1, -0.05) is 0 Å². The number of ether oxygens (including phenoxy) is 3. The largest absolute Gasteiger partial charge is 0.454 e. The third-order valence-electron chi connectivity index (χ3n) is 4.38. The van der Waals surface area contributed by atoms with E-state index in [1.165, 1.54) is 4.90 Å². The second kappa shape index (κ2) is 5.54. The van der Waals surface area contributed by atoms with E-state index in [9.17, 15) is 4.79 Å². The minimum atomic E-state index is -0.333. The Hall–Kier alpha value is -2.05. The van der Waals surface area contributed by atoms with E-state index in [1.54, 1.807) is 12.1 Å². The number of fused-ring (bicyclic) bond motifs is 2. The monoisotopic (exact) mass is 318 g/mol. The van der Waals surface area contributed by atoms with Crippen LogP contribution in [0.3, 0.4) is 0 Å². The van der Waals surface area contributed by atoms with Crippen LogP contribution in [0, 0.1) is 0 Å². The van der Waals surface area contributed by atoms with Gasteiger partial charge in [0.2, 0.25) is 6.79 Å². The predicted octanol–water partition coefficient (Wildman–Crippen LogP) is 0.714. The first-order chi connectivity index (χ1) is 11.1. The van der Waals surface area contributed by atoms with E-state index in [4.69, 9.17) is 18.6 Å². The van der Waals surface area contributed by atoms with E-state index < -0.39 is 0 Å². The number of quaternary nitrogens is 1. The van der Waals surface area contributed by atoms with Crippen LogP contribution < -0.4 is 20.0 Å². The summed E-state index contributed by atoms with van der Waals surface area (Å²) in [5.41, 5.74) is 1.19. The zero-order valence-electron chi connectivity index (χ0n) is 13.3. The molecule has 1 saturated heterocycles. The third-order valence-corrected chi connectivity index (χ3v) is 4.38. The number of hydrogen-bond acceptors (Lipinski definition) is 5. The fraction of sp³-hybridized carbons (Fsp3) is 0.471. The molecule has 0 saturated carbocycles. The maximum atomic E-state index is 11.9. The molecule has 0 radical (unpaired) electrons. The molecule has 0 unspecified atom stereocenters. The molecule has 6 heteroatoms. The van der Waals surface area contributed by atoms with Gasteiger partial charge in [0, 0.05) is 23.1 Å². The topological polar surface area (TPSA) is 62.3 Å². The Bertz CT molecular complexity index is 789. The van der Waals surface area contributed by atoms with Gasteiger partial charge in [-0.05, 0) is 19.9 Å². The Morgan fingerprint density at radius 2 is 1.78 bits per heavy atom. The molecule has 0 spiro atoms. The summed E-state index contributed by atoms with van der Waals surface area (Å²) in [6, 6.07) is 5.23. The highest BCUT2D eigenvalue weighted by Gasteiger charge is 2.27. The molecule has 2 aromatic rings. The molecule has 0 aliphatic carbocycles. The molecule has 4 rings (SSSR count). The van der Waals surface area contributed by atoms with Crippen LogP contribution >= 0.6 is 0 Å². The van der Waals surface area contributed by atoms with Gasteiger partial charge in [-0.25, -0.2) is 4.79 Å². The number of hydrogen-bond donors (Lipinski definition) is 1. The lowest BCUT2D eigenvalue weighted by Gasteiger charge is -2.32.